The fraction of sp³-hybridized carbons (Fsp3) is 0.944. The van der Waals surface area contributed by atoms with E-state index in [1.54, 1.807) is 0 Å². The number of nitrogens with zero attached hydrogens (tertiary/aromatic N) is 1. The second kappa shape index (κ2) is 9.04. The van der Waals surface area contributed by atoms with Gasteiger partial charge in [-0.25, -0.2) is 10.9 Å². The normalized spacial score (nSPS) is 38.4. The lowest BCUT2D eigenvalue weighted by atomic mass is 9.82. The molecule has 3 rings (SSSR count). The van der Waals surface area contributed by atoms with E-state index in [1.165, 1.54) is 12.8 Å². The van der Waals surface area contributed by atoms with Crippen molar-refractivity contribution < 1.29 is 4.79 Å². The molecule has 1 saturated heterocycles. The molecule has 5 unspecified atom stereocenters. The Balaban J connectivity index is 1.46. The van der Waals surface area contributed by atoms with Crippen LogP contribution in [-0.4, -0.2) is 47.4 Å². The van der Waals surface area contributed by atoms with Crippen molar-refractivity contribution >= 4 is 17.7 Å². The molecule has 1 aliphatic heterocycles. The van der Waals surface area contributed by atoms with Crippen LogP contribution in [0.5, 0.6) is 0 Å². The first-order valence-corrected chi connectivity index (χ1v) is 10.9. The van der Waals surface area contributed by atoms with Gasteiger partial charge in [0, 0.05) is 23.3 Å². The molecule has 0 spiro atoms. The van der Waals surface area contributed by atoms with E-state index in [2.05, 4.69) is 35.0 Å². The summed E-state index contributed by atoms with van der Waals surface area (Å²) < 4.78 is 0. The van der Waals surface area contributed by atoms with Gasteiger partial charge in [0.25, 0.3) is 0 Å². The summed E-state index contributed by atoms with van der Waals surface area (Å²) in [6.07, 6.45) is 8.77. The van der Waals surface area contributed by atoms with Crippen LogP contribution >= 0.6 is 11.8 Å². The highest BCUT2D eigenvalue weighted by molar-refractivity contribution is 8.00. The standard InChI is InChI=1S/C18H35N5OS/c1-12(25-18-22-20-11-23(18)2)13-5-4-8-16(10-13)21-17(24)14-6-3-7-15(19)9-14/h12-16,18,20,22H,3-11,19H2,1-2H3,(H,21,24)/t12-,13?,14?,15?,16?,18?/m0/s1. The number of hydrazine groups is 1. The van der Waals surface area contributed by atoms with E-state index >= 15 is 0 Å². The molecule has 2 saturated carbocycles. The molecule has 1 amide bonds. The zero-order valence-electron chi connectivity index (χ0n) is 15.7. The largest absolute Gasteiger partial charge is 0.353 e. The Morgan fingerprint density at radius 3 is 2.76 bits per heavy atom. The van der Waals surface area contributed by atoms with Gasteiger partial charge in [0.15, 0.2) is 0 Å². The molecule has 0 aromatic carbocycles. The number of hydrogen-bond donors (Lipinski definition) is 4. The molecule has 25 heavy (non-hydrogen) atoms. The minimum atomic E-state index is 0.137. The predicted molar refractivity (Wildman–Crippen MR) is 104 cm³/mol. The van der Waals surface area contributed by atoms with Gasteiger partial charge in [0.05, 0.1) is 6.67 Å². The molecule has 3 aliphatic rings. The SMILES string of the molecule is C[C@H](SC1NNCN1C)C1CCCC(NC(=O)C2CCCC(N)C2)C1. The molecule has 144 valence electrons. The summed E-state index contributed by atoms with van der Waals surface area (Å²) in [5, 5.41) is 3.94. The van der Waals surface area contributed by atoms with Gasteiger partial charge in [-0.3, -0.25) is 9.69 Å². The van der Waals surface area contributed by atoms with Crippen molar-refractivity contribution in [3.63, 3.8) is 0 Å². The number of hydrogen-bond acceptors (Lipinski definition) is 6. The lowest BCUT2D eigenvalue weighted by Gasteiger charge is -2.35. The second-order valence-electron chi connectivity index (χ2n) is 8.19. The lowest BCUT2D eigenvalue weighted by molar-refractivity contribution is -0.127. The maximum absolute atomic E-state index is 12.6. The summed E-state index contributed by atoms with van der Waals surface area (Å²) in [5.74, 6) is 1.06. The first-order valence-electron chi connectivity index (χ1n) is 9.93. The number of nitrogens with one attached hydrogen (secondary N) is 3. The summed E-state index contributed by atoms with van der Waals surface area (Å²) >= 11 is 1.99. The average Bonchev–Trinajstić information content (AvgIpc) is 3.00. The maximum atomic E-state index is 12.6. The van der Waals surface area contributed by atoms with E-state index in [9.17, 15) is 4.79 Å². The average molecular weight is 370 g/mol. The Morgan fingerprint density at radius 1 is 1.24 bits per heavy atom. The number of carbonyl (C=O) groups is 1. The van der Waals surface area contributed by atoms with Crippen molar-refractivity contribution in [2.24, 2.45) is 17.6 Å². The van der Waals surface area contributed by atoms with Crippen molar-refractivity contribution in [1.82, 2.24) is 21.1 Å². The number of thioether (sulfide) groups is 1. The van der Waals surface area contributed by atoms with E-state index in [-0.39, 0.29) is 17.9 Å². The van der Waals surface area contributed by atoms with Crippen LogP contribution < -0.4 is 21.9 Å². The number of rotatable bonds is 5. The maximum Gasteiger partial charge on any atom is 0.223 e. The Bertz CT molecular complexity index is 451. The molecule has 0 aromatic heterocycles. The Morgan fingerprint density at radius 2 is 2.04 bits per heavy atom. The molecule has 0 bridgehead atoms. The van der Waals surface area contributed by atoms with E-state index < -0.39 is 0 Å². The quantitative estimate of drug-likeness (QED) is 0.589. The van der Waals surface area contributed by atoms with Crippen LogP contribution in [0.3, 0.4) is 0 Å². The van der Waals surface area contributed by atoms with Crippen LogP contribution in [0.4, 0.5) is 0 Å². The second-order valence-corrected chi connectivity index (χ2v) is 9.65. The summed E-state index contributed by atoms with van der Waals surface area (Å²) in [4.78, 5) is 14.9. The summed E-state index contributed by atoms with van der Waals surface area (Å²) in [6.45, 7) is 3.23. The summed E-state index contributed by atoms with van der Waals surface area (Å²) in [5.41, 5.74) is 12.9. The molecule has 5 N–H and O–H groups in total. The van der Waals surface area contributed by atoms with Crippen LogP contribution in [0.15, 0.2) is 0 Å². The van der Waals surface area contributed by atoms with E-state index in [0.29, 0.717) is 22.7 Å². The zero-order chi connectivity index (χ0) is 17.8. The third kappa shape index (κ3) is 5.32. The highest BCUT2D eigenvalue weighted by Gasteiger charge is 2.32. The summed E-state index contributed by atoms with van der Waals surface area (Å²) in [7, 11) is 2.14. The zero-order valence-corrected chi connectivity index (χ0v) is 16.5. The van der Waals surface area contributed by atoms with Crippen molar-refractivity contribution in [2.45, 2.75) is 81.1 Å². The summed E-state index contributed by atoms with van der Waals surface area (Å²) in [6, 6.07) is 0.560. The molecular formula is C18H35N5OS. The number of nitrogens with two attached hydrogens (primary N) is 1. The third-order valence-electron chi connectivity index (χ3n) is 6.11. The minimum absolute atomic E-state index is 0.137. The van der Waals surface area contributed by atoms with Crippen LogP contribution in [0.25, 0.3) is 0 Å². The van der Waals surface area contributed by atoms with E-state index in [0.717, 1.165) is 45.2 Å². The van der Waals surface area contributed by atoms with Crippen LogP contribution in [0.1, 0.15) is 58.3 Å². The van der Waals surface area contributed by atoms with Crippen LogP contribution in [0.2, 0.25) is 0 Å². The molecule has 1 heterocycles. The van der Waals surface area contributed by atoms with Crippen LogP contribution in [-0.2, 0) is 4.79 Å². The highest BCUT2D eigenvalue weighted by atomic mass is 32.2. The topological polar surface area (TPSA) is 82.4 Å². The molecule has 7 heteroatoms. The highest BCUT2D eigenvalue weighted by Crippen LogP contribution is 2.35. The van der Waals surface area contributed by atoms with Crippen molar-refractivity contribution in [1.29, 1.82) is 0 Å². The Kier molecular flexibility index (Phi) is 7.02. The smallest absolute Gasteiger partial charge is 0.223 e. The first-order chi connectivity index (χ1) is 12.0. The van der Waals surface area contributed by atoms with Gasteiger partial charge >= 0.3 is 0 Å². The third-order valence-corrected chi connectivity index (χ3v) is 7.66. The Hall–Kier alpha value is -0.340. The molecule has 3 fully saturated rings. The van der Waals surface area contributed by atoms with Gasteiger partial charge in [-0.1, -0.05) is 19.8 Å². The van der Waals surface area contributed by atoms with Gasteiger partial charge in [-0.15, -0.1) is 11.8 Å². The molecular weight excluding hydrogens is 334 g/mol. The van der Waals surface area contributed by atoms with Gasteiger partial charge in [-0.2, -0.15) is 0 Å². The molecule has 6 atom stereocenters. The Labute approximate surface area is 156 Å². The van der Waals surface area contributed by atoms with Gasteiger partial charge in [-0.05, 0) is 51.5 Å². The van der Waals surface area contributed by atoms with Gasteiger partial charge in [0.2, 0.25) is 5.91 Å². The van der Waals surface area contributed by atoms with Crippen molar-refractivity contribution in [3.05, 3.63) is 0 Å². The van der Waals surface area contributed by atoms with Gasteiger partial charge < -0.3 is 11.1 Å². The monoisotopic (exact) mass is 369 g/mol. The van der Waals surface area contributed by atoms with E-state index in [1.807, 2.05) is 11.8 Å². The fourth-order valence-electron chi connectivity index (χ4n) is 4.47. The molecule has 6 nitrogen and oxygen atoms in total. The van der Waals surface area contributed by atoms with Crippen molar-refractivity contribution in [2.75, 3.05) is 13.7 Å². The minimum Gasteiger partial charge on any atom is -0.353 e. The van der Waals surface area contributed by atoms with Crippen molar-refractivity contribution in [3.8, 4) is 0 Å². The predicted octanol–water partition coefficient (Wildman–Crippen LogP) is 1.58. The van der Waals surface area contributed by atoms with E-state index in [4.69, 9.17) is 5.73 Å². The number of amides is 1. The first kappa shape index (κ1) is 19.4. The number of carbonyl (C=O) groups excluding carboxylic acids is 1. The van der Waals surface area contributed by atoms with Gasteiger partial charge in [0.1, 0.15) is 5.50 Å². The molecule has 2 aliphatic carbocycles. The van der Waals surface area contributed by atoms with Crippen LogP contribution in [0, 0.1) is 11.8 Å². The molecule has 0 radical (unpaired) electrons. The lowest BCUT2D eigenvalue weighted by Crippen LogP contribution is -2.45. The molecule has 0 aromatic rings. The fourth-order valence-corrected chi connectivity index (χ4v) is 5.78.